The predicted molar refractivity (Wildman–Crippen MR) is 83.6 cm³/mol. The molecule has 0 fully saturated rings. The largest absolute Gasteiger partial charge is 0.465 e. The van der Waals surface area contributed by atoms with E-state index >= 15 is 0 Å². The molecule has 0 saturated heterocycles. The number of hydrogen-bond acceptors (Lipinski definition) is 5. The SMILES string of the molecule is COC(=O)c1c(C)oc(NC(=O)Nc2ccc(Cl)cc2)c1C#N. The van der Waals surface area contributed by atoms with Crippen LogP contribution in [0, 0.1) is 18.3 Å². The lowest BCUT2D eigenvalue weighted by Crippen LogP contribution is -2.19. The molecule has 7 nitrogen and oxygen atoms in total. The van der Waals surface area contributed by atoms with Crippen molar-refractivity contribution in [1.82, 2.24) is 0 Å². The lowest BCUT2D eigenvalue weighted by atomic mass is 10.1. The van der Waals surface area contributed by atoms with Gasteiger partial charge in [0.2, 0.25) is 5.88 Å². The second-order valence-corrected chi connectivity index (χ2v) is 4.86. The molecule has 2 aromatic rings. The van der Waals surface area contributed by atoms with E-state index in [4.69, 9.17) is 16.0 Å². The summed E-state index contributed by atoms with van der Waals surface area (Å²) in [5.41, 5.74) is 0.388. The zero-order valence-corrected chi connectivity index (χ0v) is 13.0. The van der Waals surface area contributed by atoms with Gasteiger partial charge in [0.15, 0.2) is 0 Å². The van der Waals surface area contributed by atoms with E-state index < -0.39 is 12.0 Å². The monoisotopic (exact) mass is 333 g/mol. The normalized spacial score (nSPS) is 9.83. The van der Waals surface area contributed by atoms with Gasteiger partial charge < -0.3 is 14.5 Å². The summed E-state index contributed by atoms with van der Waals surface area (Å²) >= 11 is 5.76. The fourth-order valence-electron chi connectivity index (χ4n) is 1.89. The number of methoxy groups -OCH3 is 1. The summed E-state index contributed by atoms with van der Waals surface area (Å²) in [6.07, 6.45) is 0. The van der Waals surface area contributed by atoms with Gasteiger partial charge in [0, 0.05) is 10.7 Å². The molecule has 2 amide bonds. The zero-order chi connectivity index (χ0) is 17.0. The molecule has 0 atom stereocenters. The molecule has 23 heavy (non-hydrogen) atoms. The van der Waals surface area contributed by atoms with E-state index in [1.807, 2.05) is 6.07 Å². The first-order chi connectivity index (χ1) is 11.0. The first-order valence-electron chi connectivity index (χ1n) is 6.41. The maximum atomic E-state index is 12.0. The van der Waals surface area contributed by atoms with Gasteiger partial charge in [-0.2, -0.15) is 5.26 Å². The number of ether oxygens (including phenoxy) is 1. The number of urea groups is 1. The van der Waals surface area contributed by atoms with Crippen LogP contribution in [-0.2, 0) is 4.74 Å². The number of rotatable bonds is 3. The highest BCUT2D eigenvalue weighted by Gasteiger charge is 2.25. The molecule has 0 aliphatic rings. The summed E-state index contributed by atoms with van der Waals surface area (Å²) in [5.74, 6) is -0.666. The van der Waals surface area contributed by atoms with Crippen LogP contribution in [-0.4, -0.2) is 19.1 Å². The van der Waals surface area contributed by atoms with Crippen molar-refractivity contribution >= 4 is 35.2 Å². The second kappa shape index (κ2) is 6.85. The van der Waals surface area contributed by atoms with Crippen molar-refractivity contribution in [1.29, 1.82) is 5.26 Å². The minimum absolute atomic E-state index is 0.0169. The number of aryl methyl sites for hydroxylation is 1. The molecule has 0 unspecified atom stereocenters. The Morgan fingerprint density at radius 2 is 1.91 bits per heavy atom. The highest BCUT2D eigenvalue weighted by atomic mass is 35.5. The van der Waals surface area contributed by atoms with Crippen molar-refractivity contribution in [3.8, 4) is 6.07 Å². The number of esters is 1. The molecule has 0 bridgehead atoms. The Morgan fingerprint density at radius 3 is 2.48 bits per heavy atom. The number of carbonyl (C=O) groups excluding carboxylic acids is 2. The Labute approximate surface area is 136 Å². The molecule has 8 heteroatoms. The third-order valence-electron chi connectivity index (χ3n) is 2.91. The lowest BCUT2D eigenvalue weighted by molar-refractivity contribution is 0.0598. The van der Waals surface area contributed by atoms with Gasteiger partial charge in [-0.3, -0.25) is 5.32 Å². The summed E-state index contributed by atoms with van der Waals surface area (Å²) in [7, 11) is 1.19. The molecule has 0 radical (unpaired) electrons. The molecular weight excluding hydrogens is 322 g/mol. The standard InChI is InChI=1S/C15H12ClN3O4/c1-8-12(14(20)22-2)11(7-17)13(23-8)19-15(21)18-10-5-3-9(16)4-6-10/h3-6H,1-2H3,(H2,18,19,21). The van der Waals surface area contributed by atoms with Crippen molar-refractivity contribution in [3.63, 3.8) is 0 Å². The number of furan rings is 1. The van der Waals surface area contributed by atoms with E-state index in [1.165, 1.54) is 14.0 Å². The Hall–Kier alpha value is -2.98. The lowest BCUT2D eigenvalue weighted by Gasteiger charge is -2.05. The van der Waals surface area contributed by atoms with Gasteiger partial charge in [0.1, 0.15) is 23.0 Å². The van der Waals surface area contributed by atoms with Crippen molar-refractivity contribution in [3.05, 3.63) is 46.2 Å². The Balaban J connectivity index is 2.20. The summed E-state index contributed by atoms with van der Waals surface area (Å²) in [6, 6.07) is 7.65. The fraction of sp³-hybridized carbons (Fsp3) is 0.133. The number of hydrogen-bond donors (Lipinski definition) is 2. The Bertz CT molecular complexity index is 790. The molecule has 1 aromatic heterocycles. The maximum Gasteiger partial charge on any atom is 0.342 e. The first-order valence-corrected chi connectivity index (χ1v) is 6.79. The van der Waals surface area contributed by atoms with Crippen molar-refractivity contribution in [2.45, 2.75) is 6.92 Å². The van der Waals surface area contributed by atoms with Gasteiger partial charge in [-0.05, 0) is 31.2 Å². The van der Waals surface area contributed by atoms with Gasteiger partial charge >= 0.3 is 12.0 Å². The number of carbonyl (C=O) groups is 2. The summed E-state index contributed by atoms with van der Waals surface area (Å²) < 4.78 is 9.86. The van der Waals surface area contributed by atoms with Crippen molar-refractivity contribution in [2.24, 2.45) is 0 Å². The molecule has 0 aliphatic carbocycles. The fourth-order valence-corrected chi connectivity index (χ4v) is 2.01. The number of halogens is 1. The minimum atomic E-state index is -0.714. The second-order valence-electron chi connectivity index (χ2n) is 4.43. The van der Waals surface area contributed by atoms with Gasteiger partial charge in [0.05, 0.1) is 7.11 Å². The van der Waals surface area contributed by atoms with Gasteiger partial charge in [0.25, 0.3) is 0 Å². The van der Waals surface area contributed by atoms with Crippen LogP contribution in [0.5, 0.6) is 0 Å². The van der Waals surface area contributed by atoms with E-state index in [0.717, 1.165) is 0 Å². The topological polar surface area (TPSA) is 104 Å². The summed E-state index contributed by atoms with van der Waals surface area (Å²) in [4.78, 5) is 23.6. The average Bonchev–Trinajstić information content (AvgIpc) is 2.83. The van der Waals surface area contributed by atoms with Crippen LogP contribution < -0.4 is 10.6 Å². The van der Waals surface area contributed by atoms with Crippen molar-refractivity contribution < 1.29 is 18.7 Å². The highest BCUT2D eigenvalue weighted by Crippen LogP contribution is 2.27. The number of nitrogens with zero attached hydrogens (tertiary/aromatic N) is 1. The average molecular weight is 334 g/mol. The minimum Gasteiger partial charge on any atom is -0.465 e. The van der Waals surface area contributed by atoms with Crippen molar-refractivity contribution in [2.75, 3.05) is 17.7 Å². The van der Waals surface area contributed by atoms with Crippen LogP contribution >= 0.6 is 11.6 Å². The number of nitriles is 1. The summed E-state index contributed by atoms with van der Waals surface area (Å²) in [6.45, 7) is 1.50. The third kappa shape index (κ3) is 3.62. The number of nitrogens with one attached hydrogen (secondary N) is 2. The molecule has 1 aromatic carbocycles. The number of amides is 2. The molecule has 1 heterocycles. The highest BCUT2D eigenvalue weighted by molar-refractivity contribution is 6.30. The molecular formula is C15H12ClN3O4. The predicted octanol–water partition coefficient (Wildman–Crippen LogP) is 3.54. The zero-order valence-electron chi connectivity index (χ0n) is 12.3. The molecule has 0 saturated carbocycles. The van der Waals surface area contributed by atoms with Gasteiger partial charge in [-0.25, -0.2) is 9.59 Å². The molecule has 118 valence electrons. The van der Waals surface area contributed by atoms with E-state index in [-0.39, 0.29) is 22.8 Å². The Morgan fingerprint density at radius 1 is 1.26 bits per heavy atom. The van der Waals surface area contributed by atoms with Crippen LogP contribution in [0.2, 0.25) is 5.02 Å². The van der Waals surface area contributed by atoms with Crippen LogP contribution in [0.25, 0.3) is 0 Å². The quantitative estimate of drug-likeness (QED) is 0.836. The van der Waals surface area contributed by atoms with Crippen LogP contribution in [0.15, 0.2) is 28.7 Å². The smallest absolute Gasteiger partial charge is 0.342 e. The third-order valence-corrected chi connectivity index (χ3v) is 3.17. The molecule has 2 rings (SSSR count). The molecule has 0 spiro atoms. The molecule has 0 aliphatic heterocycles. The van der Waals surface area contributed by atoms with Crippen LogP contribution in [0.1, 0.15) is 21.7 Å². The van der Waals surface area contributed by atoms with Crippen LogP contribution in [0.4, 0.5) is 16.4 Å². The van der Waals surface area contributed by atoms with Gasteiger partial charge in [-0.15, -0.1) is 0 Å². The number of anilines is 2. The van der Waals surface area contributed by atoms with Crippen LogP contribution in [0.3, 0.4) is 0 Å². The van der Waals surface area contributed by atoms with E-state index in [1.54, 1.807) is 24.3 Å². The van der Waals surface area contributed by atoms with Gasteiger partial charge in [-0.1, -0.05) is 11.6 Å². The Kier molecular flexibility index (Phi) is 4.88. The molecule has 2 N–H and O–H groups in total. The first kappa shape index (κ1) is 16.4. The maximum absolute atomic E-state index is 12.0. The van der Waals surface area contributed by atoms with E-state index in [2.05, 4.69) is 15.4 Å². The van der Waals surface area contributed by atoms with E-state index in [9.17, 15) is 14.9 Å². The summed E-state index contributed by atoms with van der Waals surface area (Å²) in [5, 5.41) is 14.7. The number of benzene rings is 1. The van der Waals surface area contributed by atoms with E-state index in [0.29, 0.717) is 10.7 Å².